The summed E-state index contributed by atoms with van der Waals surface area (Å²) in [5, 5.41) is 8.97. The normalized spacial score (nSPS) is 18.1. The summed E-state index contributed by atoms with van der Waals surface area (Å²) in [6.07, 6.45) is 3.93. The van der Waals surface area contributed by atoms with Crippen LogP contribution in [0.1, 0.15) is 43.1 Å². The molecule has 1 aliphatic carbocycles. The first-order valence-corrected chi connectivity index (χ1v) is 11.1. The van der Waals surface area contributed by atoms with Crippen LogP contribution in [-0.2, 0) is 17.3 Å². The fraction of sp³-hybridized carbons (Fsp3) is 0.417. The van der Waals surface area contributed by atoms with Crippen LogP contribution in [0, 0.1) is 5.92 Å². The zero-order valence-corrected chi connectivity index (χ0v) is 17.5. The van der Waals surface area contributed by atoms with E-state index in [1.54, 1.807) is 18.3 Å². The number of benzene rings is 1. The lowest BCUT2D eigenvalue weighted by Crippen LogP contribution is -2.18. The van der Waals surface area contributed by atoms with Gasteiger partial charge in [0.15, 0.2) is 5.65 Å². The molecule has 3 aromatic heterocycles. The number of pyridine rings is 1. The summed E-state index contributed by atoms with van der Waals surface area (Å²) in [6, 6.07) is 9.42. The molecule has 1 saturated carbocycles. The molecule has 4 aromatic rings. The molecule has 0 amide bonds. The molecule has 0 radical (unpaired) electrons. The third kappa shape index (κ3) is 3.37. The number of halogens is 3. The molecule has 32 heavy (non-hydrogen) atoms. The van der Waals surface area contributed by atoms with E-state index in [9.17, 15) is 13.2 Å². The first kappa shape index (κ1) is 19.8. The van der Waals surface area contributed by atoms with Gasteiger partial charge in [0.05, 0.1) is 0 Å². The molecule has 2 fully saturated rings. The van der Waals surface area contributed by atoms with Gasteiger partial charge < -0.3 is 9.30 Å². The van der Waals surface area contributed by atoms with E-state index < -0.39 is 11.7 Å². The van der Waals surface area contributed by atoms with Crippen LogP contribution >= 0.6 is 0 Å². The largest absolute Gasteiger partial charge is 0.420 e. The fourth-order valence-electron chi connectivity index (χ4n) is 4.86. The Hall–Kier alpha value is -2.87. The van der Waals surface area contributed by atoms with E-state index in [1.807, 2.05) is 24.4 Å². The summed E-state index contributed by atoms with van der Waals surface area (Å²) in [5.74, 6) is 1.11. The third-order valence-corrected chi connectivity index (χ3v) is 6.72. The van der Waals surface area contributed by atoms with Crippen molar-refractivity contribution in [2.45, 2.75) is 44.3 Å². The number of aromatic nitrogens is 4. The summed E-state index contributed by atoms with van der Waals surface area (Å²) in [6.45, 7) is 1.47. The maximum Gasteiger partial charge on any atom is 0.420 e. The Morgan fingerprint density at radius 2 is 1.78 bits per heavy atom. The monoisotopic (exact) mass is 440 g/mol. The molecular formula is C24H23F3N4O. The van der Waals surface area contributed by atoms with Gasteiger partial charge in [-0.25, -0.2) is 0 Å². The molecule has 2 aliphatic rings. The second kappa shape index (κ2) is 7.33. The molecule has 1 saturated heterocycles. The van der Waals surface area contributed by atoms with Gasteiger partial charge in [-0.05, 0) is 67.0 Å². The van der Waals surface area contributed by atoms with E-state index in [0.717, 1.165) is 49.8 Å². The van der Waals surface area contributed by atoms with Crippen molar-refractivity contribution >= 4 is 16.6 Å². The topological polar surface area (TPSA) is 44.4 Å². The van der Waals surface area contributed by atoms with Crippen molar-refractivity contribution < 1.29 is 17.9 Å². The van der Waals surface area contributed by atoms with Crippen LogP contribution in [-0.4, -0.2) is 32.4 Å². The van der Waals surface area contributed by atoms with E-state index in [4.69, 9.17) is 4.74 Å². The van der Waals surface area contributed by atoms with Crippen LogP contribution in [0.15, 0.2) is 42.7 Å². The lowest BCUT2D eigenvalue weighted by atomic mass is 9.99. The number of nitrogens with zero attached hydrogens (tertiary/aromatic N) is 4. The smallest absolute Gasteiger partial charge is 0.381 e. The van der Waals surface area contributed by atoms with Crippen LogP contribution in [0.2, 0.25) is 0 Å². The van der Waals surface area contributed by atoms with Crippen LogP contribution in [0.3, 0.4) is 0 Å². The summed E-state index contributed by atoms with van der Waals surface area (Å²) in [5.41, 5.74) is 0.854. The van der Waals surface area contributed by atoms with E-state index >= 15 is 0 Å². The van der Waals surface area contributed by atoms with Gasteiger partial charge in [0.2, 0.25) is 0 Å². The summed E-state index contributed by atoms with van der Waals surface area (Å²) in [4.78, 5) is 0. The second-order valence-electron chi connectivity index (χ2n) is 8.90. The van der Waals surface area contributed by atoms with Crippen molar-refractivity contribution in [1.29, 1.82) is 0 Å². The number of rotatable bonds is 4. The SMILES string of the molecule is FC(F)(F)c1c(-c2ccc3c(ccn3C3CCOCC3)c2)ccn2c(CC3CC3)nnc12. The standard InChI is InChI=1S/C24H23F3N4O/c25-24(26,27)22-19(6-10-31-21(13-15-1-2-15)28-29-23(22)31)16-3-4-20-17(14-16)5-9-30(20)18-7-11-32-12-8-18/h3-6,9-10,14-15,18H,1-2,7-8,11-13H2. The maximum absolute atomic E-state index is 14.2. The van der Waals surface area contributed by atoms with Gasteiger partial charge in [-0.1, -0.05) is 6.07 Å². The molecule has 8 heteroatoms. The van der Waals surface area contributed by atoms with E-state index in [1.165, 1.54) is 4.40 Å². The van der Waals surface area contributed by atoms with E-state index in [2.05, 4.69) is 14.8 Å². The molecule has 0 bridgehead atoms. The Morgan fingerprint density at radius 1 is 0.969 bits per heavy atom. The highest BCUT2D eigenvalue weighted by Crippen LogP contribution is 2.41. The predicted octanol–water partition coefficient (Wildman–Crippen LogP) is 5.67. The van der Waals surface area contributed by atoms with Gasteiger partial charge in [0, 0.05) is 49.0 Å². The molecule has 0 N–H and O–H groups in total. The number of hydrogen-bond acceptors (Lipinski definition) is 3. The van der Waals surface area contributed by atoms with Gasteiger partial charge in [-0.2, -0.15) is 13.2 Å². The number of alkyl halides is 3. The number of fused-ring (bicyclic) bond motifs is 2. The zero-order valence-electron chi connectivity index (χ0n) is 17.5. The Kier molecular flexibility index (Phi) is 4.54. The van der Waals surface area contributed by atoms with Gasteiger partial charge in [-0.15, -0.1) is 10.2 Å². The lowest BCUT2D eigenvalue weighted by Gasteiger charge is -2.24. The molecule has 4 heterocycles. The minimum atomic E-state index is -4.54. The van der Waals surface area contributed by atoms with E-state index in [-0.39, 0.29) is 11.2 Å². The highest BCUT2D eigenvalue weighted by Gasteiger charge is 2.38. The van der Waals surface area contributed by atoms with Crippen LogP contribution in [0.25, 0.3) is 27.7 Å². The number of ether oxygens (including phenoxy) is 1. The van der Waals surface area contributed by atoms with Crippen LogP contribution in [0.5, 0.6) is 0 Å². The maximum atomic E-state index is 14.2. The van der Waals surface area contributed by atoms with Crippen molar-refractivity contribution in [2.24, 2.45) is 5.92 Å². The molecule has 5 nitrogen and oxygen atoms in total. The minimum absolute atomic E-state index is 0.120. The fourth-order valence-corrected chi connectivity index (χ4v) is 4.86. The molecule has 0 unspecified atom stereocenters. The Morgan fingerprint density at radius 3 is 2.53 bits per heavy atom. The molecule has 0 spiro atoms. The first-order valence-electron chi connectivity index (χ1n) is 11.1. The third-order valence-electron chi connectivity index (χ3n) is 6.72. The van der Waals surface area contributed by atoms with Crippen molar-refractivity contribution in [3.8, 4) is 11.1 Å². The van der Waals surface area contributed by atoms with Crippen molar-refractivity contribution in [3.05, 3.63) is 54.1 Å². The van der Waals surface area contributed by atoms with Crippen molar-refractivity contribution in [1.82, 2.24) is 19.2 Å². The van der Waals surface area contributed by atoms with Crippen LogP contribution in [0.4, 0.5) is 13.2 Å². The molecular weight excluding hydrogens is 417 g/mol. The van der Waals surface area contributed by atoms with Gasteiger partial charge in [0.1, 0.15) is 11.4 Å². The molecule has 1 aliphatic heterocycles. The van der Waals surface area contributed by atoms with E-state index in [0.29, 0.717) is 29.8 Å². The minimum Gasteiger partial charge on any atom is -0.381 e. The summed E-state index contributed by atoms with van der Waals surface area (Å²) < 4.78 is 51.8. The first-order chi connectivity index (χ1) is 15.5. The Labute approximate surface area is 182 Å². The van der Waals surface area contributed by atoms with Gasteiger partial charge >= 0.3 is 6.18 Å². The number of hydrogen-bond donors (Lipinski definition) is 0. The zero-order chi connectivity index (χ0) is 21.9. The van der Waals surface area contributed by atoms with Gasteiger partial charge in [0.25, 0.3) is 0 Å². The van der Waals surface area contributed by atoms with Crippen LogP contribution < -0.4 is 0 Å². The van der Waals surface area contributed by atoms with Gasteiger partial charge in [-0.3, -0.25) is 4.40 Å². The molecule has 6 rings (SSSR count). The second-order valence-corrected chi connectivity index (χ2v) is 8.90. The summed E-state index contributed by atoms with van der Waals surface area (Å²) >= 11 is 0. The average molecular weight is 440 g/mol. The Bertz CT molecular complexity index is 1300. The predicted molar refractivity (Wildman–Crippen MR) is 114 cm³/mol. The molecule has 0 atom stereocenters. The molecule has 166 valence electrons. The van der Waals surface area contributed by atoms with Crippen molar-refractivity contribution in [2.75, 3.05) is 13.2 Å². The van der Waals surface area contributed by atoms with Crippen molar-refractivity contribution in [3.63, 3.8) is 0 Å². The lowest BCUT2D eigenvalue weighted by molar-refractivity contribution is -0.136. The highest BCUT2D eigenvalue weighted by atomic mass is 19.4. The molecule has 1 aromatic carbocycles. The average Bonchev–Trinajstić information content (AvgIpc) is 3.36. The highest BCUT2D eigenvalue weighted by molar-refractivity contribution is 5.87. The summed E-state index contributed by atoms with van der Waals surface area (Å²) in [7, 11) is 0. The Balaban J connectivity index is 1.45. The quantitative estimate of drug-likeness (QED) is 0.411.